The molecule has 0 aliphatic rings. The SMILES string of the molecule is [2H]C(C)(C)Nc1cc(-c2c[nH]c(C(=O)N[C@H](CO)c3ccc(F)cc3)c2)c(Cl)cn1. The summed E-state index contributed by atoms with van der Waals surface area (Å²) in [5, 5.41) is 15.7. The summed E-state index contributed by atoms with van der Waals surface area (Å²) in [6.45, 7) is 3.06. The number of aromatic nitrogens is 2. The van der Waals surface area contributed by atoms with Crippen molar-refractivity contribution in [3.63, 3.8) is 0 Å². The maximum absolute atomic E-state index is 13.1. The molecule has 6 nitrogen and oxygen atoms in total. The topological polar surface area (TPSA) is 90.0 Å². The van der Waals surface area contributed by atoms with Crippen molar-refractivity contribution in [2.24, 2.45) is 0 Å². The van der Waals surface area contributed by atoms with Crippen molar-refractivity contribution in [1.82, 2.24) is 15.3 Å². The maximum atomic E-state index is 13.1. The molecule has 0 unspecified atom stereocenters. The van der Waals surface area contributed by atoms with Crippen molar-refractivity contribution in [2.45, 2.75) is 25.9 Å². The molecule has 0 fully saturated rings. The van der Waals surface area contributed by atoms with Crippen LogP contribution < -0.4 is 10.6 Å². The van der Waals surface area contributed by atoms with Crippen LogP contribution in [0.5, 0.6) is 0 Å². The lowest BCUT2D eigenvalue weighted by molar-refractivity contribution is 0.0912. The number of anilines is 1. The Labute approximate surface area is 174 Å². The molecule has 0 aliphatic heterocycles. The predicted octanol–water partition coefficient (Wildman–Crippen LogP) is 4.15. The largest absolute Gasteiger partial charge is 0.394 e. The van der Waals surface area contributed by atoms with Crippen LogP contribution in [0.15, 0.2) is 48.8 Å². The van der Waals surface area contributed by atoms with Gasteiger partial charge in [-0.25, -0.2) is 9.37 Å². The zero-order valence-corrected chi connectivity index (χ0v) is 16.7. The number of halogens is 2. The summed E-state index contributed by atoms with van der Waals surface area (Å²) in [5.41, 5.74) is 2.17. The van der Waals surface area contributed by atoms with Crippen LogP contribution in [0, 0.1) is 5.82 Å². The Morgan fingerprint density at radius 1 is 1.34 bits per heavy atom. The van der Waals surface area contributed by atoms with Gasteiger partial charge < -0.3 is 20.7 Å². The van der Waals surface area contributed by atoms with Gasteiger partial charge in [0.1, 0.15) is 17.3 Å². The van der Waals surface area contributed by atoms with Gasteiger partial charge in [0.05, 0.1) is 19.0 Å². The van der Waals surface area contributed by atoms with Gasteiger partial charge in [-0.15, -0.1) is 0 Å². The summed E-state index contributed by atoms with van der Waals surface area (Å²) in [6.07, 6.45) is 3.12. The molecule has 0 spiro atoms. The van der Waals surface area contributed by atoms with Gasteiger partial charge in [-0.1, -0.05) is 23.7 Å². The molecule has 29 heavy (non-hydrogen) atoms. The molecule has 0 saturated heterocycles. The van der Waals surface area contributed by atoms with Gasteiger partial charge in [-0.05, 0) is 43.7 Å². The van der Waals surface area contributed by atoms with Crippen molar-refractivity contribution in [3.8, 4) is 11.1 Å². The van der Waals surface area contributed by atoms with Crippen LogP contribution in [0.3, 0.4) is 0 Å². The minimum atomic E-state index is -0.916. The third kappa shape index (κ3) is 5.13. The second-order valence-corrected chi connectivity index (χ2v) is 7.14. The molecule has 1 amide bonds. The number of pyridine rings is 1. The first-order valence-corrected chi connectivity index (χ1v) is 9.34. The number of nitrogens with zero attached hydrogens (tertiary/aromatic N) is 1. The molecule has 2 aromatic heterocycles. The molecule has 3 rings (SSSR count). The van der Waals surface area contributed by atoms with Gasteiger partial charge >= 0.3 is 0 Å². The molecule has 0 radical (unpaired) electrons. The number of hydrogen-bond donors (Lipinski definition) is 4. The number of amides is 1. The van der Waals surface area contributed by atoms with E-state index in [0.29, 0.717) is 27.5 Å². The zero-order chi connectivity index (χ0) is 21.9. The Morgan fingerprint density at radius 3 is 2.72 bits per heavy atom. The summed E-state index contributed by atoms with van der Waals surface area (Å²) < 4.78 is 21.1. The van der Waals surface area contributed by atoms with E-state index in [2.05, 4.69) is 20.6 Å². The van der Waals surface area contributed by atoms with Gasteiger partial charge in [-0.2, -0.15) is 0 Å². The molecular formula is C21H22ClFN4O2. The van der Waals surface area contributed by atoms with Crippen LogP contribution >= 0.6 is 11.6 Å². The smallest absolute Gasteiger partial charge is 0.268 e. The van der Waals surface area contributed by atoms with Crippen molar-refractivity contribution < 1.29 is 15.7 Å². The fraction of sp³-hybridized carbons (Fsp3) is 0.238. The van der Waals surface area contributed by atoms with E-state index in [4.69, 9.17) is 13.0 Å². The zero-order valence-electron chi connectivity index (χ0n) is 17.0. The van der Waals surface area contributed by atoms with Gasteiger partial charge in [0.25, 0.3) is 5.91 Å². The molecule has 0 saturated carbocycles. The van der Waals surface area contributed by atoms with E-state index in [1.165, 1.54) is 30.5 Å². The minimum Gasteiger partial charge on any atom is -0.394 e. The Morgan fingerprint density at radius 2 is 2.07 bits per heavy atom. The van der Waals surface area contributed by atoms with E-state index in [9.17, 15) is 14.3 Å². The van der Waals surface area contributed by atoms with Gasteiger partial charge in [-0.3, -0.25) is 4.79 Å². The molecule has 4 N–H and O–H groups in total. The Balaban J connectivity index is 1.79. The second kappa shape index (κ2) is 9.07. The fourth-order valence-electron chi connectivity index (χ4n) is 2.83. The quantitative estimate of drug-likeness (QED) is 0.464. The second-order valence-electron chi connectivity index (χ2n) is 6.74. The number of aliphatic hydroxyl groups is 1. The number of hydrogen-bond acceptors (Lipinski definition) is 4. The number of H-pyrrole nitrogens is 1. The number of carbonyl (C=O) groups excluding carboxylic acids is 1. The van der Waals surface area contributed by atoms with Crippen LogP contribution in [0.4, 0.5) is 10.2 Å². The van der Waals surface area contributed by atoms with Crippen LogP contribution in [-0.4, -0.2) is 33.6 Å². The van der Waals surface area contributed by atoms with Crippen LogP contribution in [0.1, 0.15) is 37.3 Å². The highest BCUT2D eigenvalue weighted by Gasteiger charge is 2.17. The molecule has 0 bridgehead atoms. The maximum Gasteiger partial charge on any atom is 0.268 e. The number of rotatable bonds is 7. The van der Waals surface area contributed by atoms with Crippen molar-refractivity contribution in [2.75, 3.05) is 11.9 Å². The third-order valence-corrected chi connectivity index (χ3v) is 4.53. The number of aromatic amines is 1. The van der Waals surface area contributed by atoms with E-state index < -0.39 is 23.8 Å². The molecule has 8 heteroatoms. The highest BCUT2D eigenvalue weighted by molar-refractivity contribution is 6.33. The predicted molar refractivity (Wildman–Crippen MR) is 111 cm³/mol. The van der Waals surface area contributed by atoms with Gasteiger partial charge in [0, 0.05) is 29.5 Å². The summed E-state index contributed by atoms with van der Waals surface area (Å²) in [7, 11) is 0. The Bertz CT molecular complexity index is 1030. The molecule has 3 aromatic rings. The van der Waals surface area contributed by atoms with Crippen molar-refractivity contribution >= 4 is 23.3 Å². The summed E-state index contributed by atoms with van der Waals surface area (Å²) in [4.78, 5) is 19.7. The van der Waals surface area contributed by atoms with E-state index in [1.807, 2.05) is 0 Å². The van der Waals surface area contributed by atoms with Crippen LogP contribution in [0.2, 0.25) is 5.02 Å². The van der Waals surface area contributed by atoms with Crippen molar-refractivity contribution in [1.29, 1.82) is 0 Å². The lowest BCUT2D eigenvalue weighted by atomic mass is 10.1. The third-order valence-electron chi connectivity index (χ3n) is 4.23. The van der Waals surface area contributed by atoms with Crippen molar-refractivity contribution in [3.05, 3.63) is 70.9 Å². The van der Waals surface area contributed by atoms with Crippen LogP contribution in [0.25, 0.3) is 11.1 Å². The monoisotopic (exact) mass is 417 g/mol. The van der Waals surface area contributed by atoms with Gasteiger partial charge in [0.2, 0.25) is 0 Å². The van der Waals surface area contributed by atoms with E-state index >= 15 is 0 Å². The van der Waals surface area contributed by atoms with Gasteiger partial charge in [0.15, 0.2) is 0 Å². The number of carbonyl (C=O) groups is 1. The van der Waals surface area contributed by atoms with E-state index in [1.54, 1.807) is 32.2 Å². The average molecular weight is 418 g/mol. The molecule has 1 aromatic carbocycles. The number of benzene rings is 1. The average Bonchev–Trinajstić information content (AvgIpc) is 3.17. The fourth-order valence-corrected chi connectivity index (χ4v) is 3.04. The molecule has 0 aliphatic carbocycles. The summed E-state index contributed by atoms with van der Waals surface area (Å²) >= 11 is 6.28. The lowest BCUT2D eigenvalue weighted by Crippen LogP contribution is -2.31. The van der Waals surface area contributed by atoms with E-state index in [0.717, 1.165) is 0 Å². The highest BCUT2D eigenvalue weighted by Crippen LogP contribution is 2.30. The number of aliphatic hydroxyl groups excluding tert-OH is 1. The first kappa shape index (κ1) is 19.4. The highest BCUT2D eigenvalue weighted by atomic mass is 35.5. The van der Waals surface area contributed by atoms with Crippen LogP contribution in [-0.2, 0) is 0 Å². The molecular weight excluding hydrogens is 395 g/mol. The molecule has 2 heterocycles. The number of nitrogens with one attached hydrogen (secondary N) is 3. The Hall–Kier alpha value is -2.90. The summed E-state index contributed by atoms with van der Waals surface area (Å²) in [5.74, 6) is -0.341. The first-order valence-electron chi connectivity index (χ1n) is 9.46. The summed E-state index contributed by atoms with van der Waals surface area (Å²) in [6, 6.07) is 7.30. The first-order chi connectivity index (χ1) is 14.2. The minimum absolute atomic E-state index is 0.272. The van der Waals surface area contributed by atoms with E-state index in [-0.39, 0.29) is 12.3 Å². The lowest BCUT2D eigenvalue weighted by Gasteiger charge is -2.16. The Kier molecular flexibility index (Phi) is 6.07. The standard InChI is InChI=1S/C21H22ClFN4O2/c1-12(2)26-20-8-16(17(22)10-25-20)14-7-18(24-9-14)21(29)27-19(11-28)13-3-5-15(23)6-4-13/h3-10,12,19,24,28H,11H2,1-2H3,(H,25,26)(H,27,29)/t19-/m1/s1/i12D. The molecule has 1 atom stereocenters. The normalized spacial score (nSPS) is 12.9. The molecule has 152 valence electrons.